The van der Waals surface area contributed by atoms with Crippen LogP contribution in [0.15, 0.2) is 60.9 Å². The topological polar surface area (TPSA) is 17.8 Å². The lowest BCUT2D eigenvalue weighted by atomic mass is 10.2. The molecule has 0 aliphatic carbocycles. The van der Waals surface area contributed by atoms with Crippen LogP contribution in [-0.2, 0) is 0 Å². The van der Waals surface area contributed by atoms with Gasteiger partial charge in [0.1, 0.15) is 0 Å². The van der Waals surface area contributed by atoms with Crippen molar-refractivity contribution >= 4 is 11.0 Å². The first-order valence-electron chi connectivity index (χ1n) is 5.47. The smallest absolute Gasteiger partial charge is 0.203 e. The van der Waals surface area contributed by atoms with Crippen LogP contribution >= 0.6 is 0 Å². The first-order chi connectivity index (χ1) is 8.36. The van der Waals surface area contributed by atoms with E-state index in [1.165, 1.54) is 0 Å². The van der Waals surface area contributed by atoms with Gasteiger partial charge in [-0.25, -0.2) is 9.37 Å². The fourth-order valence-corrected chi connectivity index (χ4v) is 1.93. The Labute approximate surface area is 98.3 Å². The van der Waals surface area contributed by atoms with Gasteiger partial charge in [-0.15, -0.1) is 0 Å². The summed E-state index contributed by atoms with van der Waals surface area (Å²) >= 11 is 0. The predicted molar refractivity (Wildman–Crippen MR) is 65.4 cm³/mol. The summed E-state index contributed by atoms with van der Waals surface area (Å²) in [5.41, 5.74) is 2.26. The minimum Gasteiger partial charge on any atom is -0.295 e. The van der Waals surface area contributed by atoms with Gasteiger partial charge in [-0.1, -0.05) is 42.5 Å². The Morgan fingerprint density at radius 3 is 2.47 bits per heavy atom. The van der Waals surface area contributed by atoms with Gasteiger partial charge in [0.25, 0.3) is 0 Å². The second kappa shape index (κ2) is 4.01. The van der Waals surface area contributed by atoms with E-state index in [2.05, 4.69) is 4.98 Å². The Bertz CT molecular complexity index is 631. The third-order valence-electron chi connectivity index (χ3n) is 2.80. The highest BCUT2D eigenvalue weighted by molar-refractivity contribution is 5.75. The molecular formula is C14H11FN2. The van der Waals surface area contributed by atoms with Crippen LogP contribution in [0.3, 0.4) is 0 Å². The molecule has 1 unspecified atom stereocenters. The Hall–Kier alpha value is -2.16. The van der Waals surface area contributed by atoms with Crippen LogP contribution in [0.1, 0.15) is 11.9 Å². The van der Waals surface area contributed by atoms with Crippen molar-refractivity contribution < 1.29 is 4.39 Å². The van der Waals surface area contributed by atoms with E-state index in [-0.39, 0.29) is 0 Å². The first-order valence-corrected chi connectivity index (χ1v) is 5.47. The molecule has 0 aliphatic heterocycles. The molecule has 84 valence electrons. The van der Waals surface area contributed by atoms with E-state index in [0.717, 1.165) is 11.0 Å². The minimum atomic E-state index is -1.19. The van der Waals surface area contributed by atoms with Gasteiger partial charge in [0, 0.05) is 5.56 Å². The normalized spacial score (nSPS) is 12.8. The fourth-order valence-electron chi connectivity index (χ4n) is 1.93. The van der Waals surface area contributed by atoms with Gasteiger partial charge in [0.15, 0.2) is 0 Å². The quantitative estimate of drug-likeness (QED) is 0.653. The molecule has 3 aromatic rings. The molecule has 0 saturated carbocycles. The molecule has 17 heavy (non-hydrogen) atoms. The number of benzene rings is 2. The number of imidazole rings is 1. The Balaban J connectivity index is 2.10. The second-order valence-corrected chi connectivity index (χ2v) is 3.89. The van der Waals surface area contributed by atoms with Crippen molar-refractivity contribution in [3.8, 4) is 0 Å². The van der Waals surface area contributed by atoms with Gasteiger partial charge in [-0.3, -0.25) is 4.57 Å². The van der Waals surface area contributed by atoms with Crippen LogP contribution in [0.2, 0.25) is 0 Å². The van der Waals surface area contributed by atoms with Crippen molar-refractivity contribution in [1.82, 2.24) is 9.55 Å². The van der Waals surface area contributed by atoms with Crippen molar-refractivity contribution in [1.29, 1.82) is 0 Å². The summed E-state index contributed by atoms with van der Waals surface area (Å²) in [7, 11) is 0. The molecule has 3 rings (SSSR count). The molecule has 1 aromatic heterocycles. The number of para-hydroxylation sites is 2. The minimum absolute atomic E-state index is 0.635. The molecule has 3 heteroatoms. The number of halogens is 1. The van der Waals surface area contributed by atoms with Crippen molar-refractivity contribution in [3.05, 3.63) is 66.5 Å². The van der Waals surface area contributed by atoms with Crippen LogP contribution in [0.5, 0.6) is 0 Å². The maximum Gasteiger partial charge on any atom is 0.203 e. The third-order valence-corrected chi connectivity index (χ3v) is 2.80. The maximum absolute atomic E-state index is 14.4. The summed E-state index contributed by atoms with van der Waals surface area (Å²) in [5, 5.41) is 0. The standard InChI is InChI=1S/C14H11FN2/c15-14(11-6-2-1-3-7-11)17-10-16-12-8-4-5-9-13(12)17/h1-10,14H. The van der Waals surface area contributed by atoms with Crippen LogP contribution in [-0.4, -0.2) is 9.55 Å². The molecule has 0 amide bonds. The van der Waals surface area contributed by atoms with Crippen LogP contribution < -0.4 is 0 Å². The molecular weight excluding hydrogens is 215 g/mol. The zero-order chi connectivity index (χ0) is 11.7. The average Bonchev–Trinajstić information content (AvgIpc) is 2.83. The molecule has 1 heterocycles. The first kappa shape index (κ1) is 10.0. The van der Waals surface area contributed by atoms with E-state index in [0.29, 0.717) is 5.56 Å². The summed E-state index contributed by atoms with van der Waals surface area (Å²) < 4.78 is 15.9. The average molecular weight is 226 g/mol. The SMILES string of the molecule is FC(c1ccccc1)n1cnc2ccccc21. The fraction of sp³-hybridized carbons (Fsp3) is 0.0714. The lowest BCUT2D eigenvalue weighted by molar-refractivity contribution is 0.301. The van der Waals surface area contributed by atoms with Gasteiger partial charge >= 0.3 is 0 Å². The lowest BCUT2D eigenvalue weighted by Gasteiger charge is -2.10. The largest absolute Gasteiger partial charge is 0.295 e. The number of hydrogen-bond donors (Lipinski definition) is 0. The predicted octanol–water partition coefficient (Wildman–Crippen LogP) is 3.55. The van der Waals surface area contributed by atoms with Crippen molar-refractivity contribution in [3.63, 3.8) is 0 Å². The van der Waals surface area contributed by atoms with Gasteiger partial charge in [-0.05, 0) is 12.1 Å². The van der Waals surface area contributed by atoms with Gasteiger partial charge in [0.2, 0.25) is 6.30 Å². The maximum atomic E-state index is 14.4. The van der Waals surface area contributed by atoms with Gasteiger partial charge in [0.05, 0.1) is 17.4 Å². The van der Waals surface area contributed by atoms with E-state index < -0.39 is 6.30 Å². The van der Waals surface area contributed by atoms with E-state index in [1.807, 2.05) is 42.5 Å². The molecule has 0 N–H and O–H groups in total. The number of hydrogen-bond acceptors (Lipinski definition) is 1. The number of aromatic nitrogens is 2. The highest BCUT2D eigenvalue weighted by atomic mass is 19.1. The Morgan fingerprint density at radius 1 is 0.941 bits per heavy atom. The number of alkyl halides is 1. The highest BCUT2D eigenvalue weighted by Crippen LogP contribution is 2.24. The molecule has 0 aliphatic rings. The summed E-state index contributed by atoms with van der Waals surface area (Å²) in [4.78, 5) is 4.19. The molecule has 0 fully saturated rings. The molecule has 0 spiro atoms. The molecule has 0 radical (unpaired) electrons. The molecule has 1 atom stereocenters. The molecule has 2 aromatic carbocycles. The van der Waals surface area contributed by atoms with Gasteiger partial charge < -0.3 is 0 Å². The summed E-state index contributed by atoms with van der Waals surface area (Å²) in [6, 6.07) is 16.6. The molecule has 0 bridgehead atoms. The molecule has 0 saturated heterocycles. The lowest BCUT2D eigenvalue weighted by Crippen LogP contribution is -2.03. The number of rotatable bonds is 2. The van der Waals surface area contributed by atoms with E-state index in [9.17, 15) is 4.39 Å². The summed E-state index contributed by atoms with van der Waals surface area (Å²) in [6.07, 6.45) is 0.353. The number of fused-ring (bicyclic) bond motifs is 1. The van der Waals surface area contributed by atoms with E-state index in [1.54, 1.807) is 23.0 Å². The summed E-state index contributed by atoms with van der Waals surface area (Å²) in [5.74, 6) is 0. The van der Waals surface area contributed by atoms with Gasteiger partial charge in [-0.2, -0.15) is 0 Å². The zero-order valence-corrected chi connectivity index (χ0v) is 9.12. The second-order valence-electron chi connectivity index (χ2n) is 3.89. The van der Waals surface area contributed by atoms with E-state index >= 15 is 0 Å². The number of nitrogens with zero attached hydrogens (tertiary/aromatic N) is 2. The van der Waals surface area contributed by atoms with Crippen molar-refractivity contribution in [2.24, 2.45) is 0 Å². The Kier molecular flexibility index (Phi) is 2.37. The van der Waals surface area contributed by atoms with Crippen molar-refractivity contribution in [2.75, 3.05) is 0 Å². The van der Waals surface area contributed by atoms with E-state index in [4.69, 9.17) is 0 Å². The van der Waals surface area contributed by atoms with Crippen molar-refractivity contribution in [2.45, 2.75) is 6.30 Å². The highest BCUT2D eigenvalue weighted by Gasteiger charge is 2.13. The monoisotopic (exact) mass is 226 g/mol. The molecule has 2 nitrogen and oxygen atoms in total. The van der Waals surface area contributed by atoms with Crippen LogP contribution in [0.4, 0.5) is 4.39 Å². The van der Waals surface area contributed by atoms with Crippen LogP contribution in [0, 0.1) is 0 Å². The Morgan fingerprint density at radius 2 is 1.65 bits per heavy atom. The van der Waals surface area contributed by atoms with Crippen LogP contribution in [0.25, 0.3) is 11.0 Å². The zero-order valence-electron chi connectivity index (χ0n) is 9.12. The summed E-state index contributed by atoms with van der Waals surface area (Å²) in [6.45, 7) is 0. The third kappa shape index (κ3) is 1.69.